The Morgan fingerprint density at radius 3 is 2.83 bits per heavy atom. The molecule has 0 aromatic heterocycles. The van der Waals surface area contributed by atoms with E-state index >= 15 is 0 Å². The molecule has 2 fully saturated rings. The Bertz CT molecular complexity index is 459. The van der Waals surface area contributed by atoms with Gasteiger partial charge in [0.15, 0.2) is 0 Å². The van der Waals surface area contributed by atoms with Gasteiger partial charge in [-0.25, -0.2) is 0 Å². The van der Waals surface area contributed by atoms with Crippen molar-refractivity contribution in [2.75, 3.05) is 11.4 Å². The van der Waals surface area contributed by atoms with Crippen LogP contribution in [-0.2, 0) is 4.79 Å². The zero-order chi connectivity index (χ0) is 12.5. The second-order valence-corrected chi connectivity index (χ2v) is 6.35. The average Bonchev–Trinajstić information content (AvgIpc) is 3.16. The monoisotopic (exact) mass is 356 g/mol. The van der Waals surface area contributed by atoms with E-state index in [4.69, 9.17) is 0 Å². The van der Waals surface area contributed by atoms with Crippen molar-refractivity contribution >= 4 is 34.2 Å². The van der Waals surface area contributed by atoms with Crippen molar-refractivity contribution in [2.24, 2.45) is 0 Å². The Morgan fingerprint density at radius 1 is 1.28 bits per heavy atom. The lowest BCUT2D eigenvalue weighted by molar-refractivity contribution is -0.121. The molecule has 2 aliphatic rings. The van der Waals surface area contributed by atoms with Crippen molar-refractivity contribution in [3.05, 3.63) is 27.8 Å². The van der Waals surface area contributed by atoms with Gasteiger partial charge in [0.2, 0.25) is 5.91 Å². The molecule has 1 amide bonds. The van der Waals surface area contributed by atoms with Crippen LogP contribution in [0.1, 0.15) is 25.7 Å². The van der Waals surface area contributed by atoms with Crippen LogP contribution in [0.4, 0.5) is 5.69 Å². The summed E-state index contributed by atoms with van der Waals surface area (Å²) in [4.78, 5) is 14.4. The van der Waals surface area contributed by atoms with Crippen LogP contribution in [0.15, 0.2) is 24.3 Å². The van der Waals surface area contributed by atoms with Crippen molar-refractivity contribution < 1.29 is 4.79 Å². The number of nitrogens with one attached hydrogen (secondary N) is 1. The summed E-state index contributed by atoms with van der Waals surface area (Å²) in [6, 6.07) is 8.80. The van der Waals surface area contributed by atoms with Gasteiger partial charge in [-0.2, -0.15) is 0 Å². The molecule has 3 rings (SSSR count). The van der Waals surface area contributed by atoms with Gasteiger partial charge in [0.05, 0.1) is 6.04 Å². The van der Waals surface area contributed by atoms with Crippen molar-refractivity contribution in [3.8, 4) is 0 Å². The molecule has 0 spiro atoms. The first kappa shape index (κ1) is 12.4. The number of amides is 1. The molecule has 1 N–H and O–H groups in total. The molecule has 1 aliphatic heterocycles. The first-order valence-electron chi connectivity index (χ1n) is 6.57. The first-order chi connectivity index (χ1) is 8.74. The number of carbonyl (C=O) groups excluding carboxylic acids is 1. The summed E-state index contributed by atoms with van der Waals surface area (Å²) < 4.78 is 1.18. The van der Waals surface area contributed by atoms with Crippen molar-refractivity contribution in [2.45, 2.75) is 37.8 Å². The van der Waals surface area contributed by atoms with Gasteiger partial charge in [-0.3, -0.25) is 4.79 Å². The van der Waals surface area contributed by atoms with Crippen molar-refractivity contribution in [1.82, 2.24) is 5.32 Å². The molecular formula is C14H17IN2O. The molecule has 4 heteroatoms. The average molecular weight is 356 g/mol. The van der Waals surface area contributed by atoms with E-state index in [2.05, 4.69) is 40.0 Å². The van der Waals surface area contributed by atoms with E-state index in [1.807, 2.05) is 17.0 Å². The maximum absolute atomic E-state index is 12.5. The quantitative estimate of drug-likeness (QED) is 0.845. The molecule has 1 aliphatic carbocycles. The fraction of sp³-hybridized carbons (Fsp3) is 0.500. The van der Waals surface area contributed by atoms with Crippen LogP contribution in [0.2, 0.25) is 0 Å². The van der Waals surface area contributed by atoms with Crippen LogP contribution in [-0.4, -0.2) is 24.5 Å². The standard InChI is InChI=1S/C14H17IN2O/c15-10-3-1-4-12(9-10)17-8-2-5-13(14(17)18)16-11-6-7-11/h1,3-4,9,11,13,16H,2,5-8H2. The third kappa shape index (κ3) is 2.69. The summed E-state index contributed by atoms with van der Waals surface area (Å²) in [5, 5.41) is 3.46. The Morgan fingerprint density at radius 2 is 2.11 bits per heavy atom. The first-order valence-corrected chi connectivity index (χ1v) is 7.65. The molecule has 1 atom stereocenters. The molecule has 0 bridgehead atoms. The molecule has 3 nitrogen and oxygen atoms in total. The number of halogens is 1. The highest BCUT2D eigenvalue weighted by molar-refractivity contribution is 14.1. The number of hydrogen-bond donors (Lipinski definition) is 1. The molecule has 1 saturated heterocycles. The van der Waals surface area contributed by atoms with Crippen LogP contribution in [0.25, 0.3) is 0 Å². The zero-order valence-electron chi connectivity index (χ0n) is 10.2. The van der Waals surface area contributed by atoms with Crippen LogP contribution in [0.3, 0.4) is 0 Å². The molecule has 1 heterocycles. The molecule has 1 aromatic rings. The highest BCUT2D eigenvalue weighted by Gasteiger charge is 2.33. The fourth-order valence-corrected chi connectivity index (χ4v) is 2.99. The normalized spacial score (nSPS) is 24.4. The van der Waals surface area contributed by atoms with Gasteiger partial charge in [0.1, 0.15) is 0 Å². The van der Waals surface area contributed by atoms with Gasteiger partial charge in [-0.1, -0.05) is 6.07 Å². The molecule has 18 heavy (non-hydrogen) atoms. The van der Waals surface area contributed by atoms with Gasteiger partial charge in [-0.15, -0.1) is 0 Å². The summed E-state index contributed by atoms with van der Waals surface area (Å²) in [6.45, 7) is 0.849. The largest absolute Gasteiger partial charge is 0.311 e. The van der Waals surface area contributed by atoms with E-state index in [-0.39, 0.29) is 11.9 Å². The Labute approximate surface area is 121 Å². The van der Waals surface area contributed by atoms with Crippen LogP contribution in [0, 0.1) is 3.57 Å². The Hall–Kier alpha value is -0.620. The van der Waals surface area contributed by atoms with Crippen LogP contribution in [0.5, 0.6) is 0 Å². The minimum atomic E-state index is 0.0316. The number of nitrogens with zero attached hydrogens (tertiary/aromatic N) is 1. The lowest BCUT2D eigenvalue weighted by atomic mass is 10.0. The van der Waals surface area contributed by atoms with E-state index in [0.29, 0.717) is 6.04 Å². The SMILES string of the molecule is O=C1C(NC2CC2)CCCN1c1cccc(I)c1. The highest BCUT2D eigenvalue weighted by Crippen LogP contribution is 2.26. The van der Waals surface area contributed by atoms with Crippen LogP contribution >= 0.6 is 22.6 Å². The molecule has 96 valence electrons. The molecular weight excluding hydrogens is 339 g/mol. The lowest BCUT2D eigenvalue weighted by Crippen LogP contribution is -2.51. The second kappa shape index (κ2) is 5.17. The Kier molecular flexibility index (Phi) is 3.56. The van der Waals surface area contributed by atoms with E-state index < -0.39 is 0 Å². The summed E-state index contributed by atoms with van der Waals surface area (Å²) >= 11 is 2.29. The highest BCUT2D eigenvalue weighted by atomic mass is 127. The predicted octanol–water partition coefficient (Wildman–Crippen LogP) is 2.54. The lowest BCUT2D eigenvalue weighted by Gasteiger charge is -2.33. The minimum absolute atomic E-state index is 0.0316. The summed E-state index contributed by atoms with van der Waals surface area (Å²) in [6.07, 6.45) is 4.53. The summed E-state index contributed by atoms with van der Waals surface area (Å²) in [5.41, 5.74) is 1.04. The predicted molar refractivity (Wildman–Crippen MR) is 80.7 cm³/mol. The maximum Gasteiger partial charge on any atom is 0.244 e. The number of rotatable bonds is 3. The van der Waals surface area contributed by atoms with Crippen LogP contribution < -0.4 is 10.2 Å². The second-order valence-electron chi connectivity index (χ2n) is 5.11. The van der Waals surface area contributed by atoms with Crippen molar-refractivity contribution in [1.29, 1.82) is 0 Å². The van der Waals surface area contributed by atoms with Gasteiger partial charge in [-0.05, 0) is 66.5 Å². The van der Waals surface area contributed by atoms with Crippen molar-refractivity contribution in [3.63, 3.8) is 0 Å². The summed E-state index contributed by atoms with van der Waals surface area (Å²) in [7, 11) is 0. The van der Waals surface area contributed by atoms with E-state index in [1.54, 1.807) is 0 Å². The topological polar surface area (TPSA) is 32.3 Å². The number of anilines is 1. The number of carbonyl (C=O) groups is 1. The van der Waals surface area contributed by atoms with E-state index in [0.717, 1.165) is 25.1 Å². The molecule has 1 aromatic carbocycles. The Balaban J connectivity index is 1.76. The third-order valence-electron chi connectivity index (χ3n) is 3.57. The molecule has 1 saturated carbocycles. The summed E-state index contributed by atoms with van der Waals surface area (Å²) in [5.74, 6) is 0.246. The number of piperidine rings is 1. The maximum atomic E-state index is 12.5. The third-order valence-corrected chi connectivity index (χ3v) is 4.24. The molecule has 0 radical (unpaired) electrons. The van der Waals surface area contributed by atoms with Gasteiger partial charge in [0.25, 0.3) is 0 Å². The smallest absolute Gasteiger partial charge is 0.244 e. The molecule has 1 unspecified atom stereocenters. The fourth-order valence-electron chi connectivity index (χ4n) is 2.46. The zero-order valence-corrected chi connectivity index (χ0v) is 12.4. The number of hydrogen-bond acceptors (Lipinski definition) is 2. The number of benzene rings is 1. The van der Waals surface area contributed by atoms with Gasteiger partial charge >= 0.3 is 0 Å². The van der Waals surface area contributed by atoms with E-state index in [1.165, 1.54) is 16.4 Å². The minimum Gasteiger partial charge on any atom is -0.311 e. The van der Waals surface area contributed by atoms with E-state index in [9.17, 15) is 4.79 Å². The van der Waals surface area contributed by atoms with Gasteiger partial charge in [0, 0.05) is 21.8 Å². The van der Waals surface area contributed by atoms with Gasteiger partial charge < -0.3 is 10.2 Å².